The number of hydrogen-bond donors (Lipinski definition) is 1. The molecule has 96 valence electrons. The first-order chi connectivity index (χ1) is 8.52. The maximum atomic E-state index is 13.9. The van der Waals surface area contributed by atoms with Gasteiger partial charge in [-0.05, 0) is 47.2 Å². The summed E-state index contributed by atoms with van der Waals surface area (Å²) < 4.78 is 28.2. The maximum Gasteiger partial charge on any atom is 0.142 e. The minimum absolute atomic E-state index is 0.210. The van der Waals surface area contributed by atoms with E-state index in [2.05, 4.69) is 21.2 Å². The predicted molar refractivity (Wildman–Crippen MR) is 74.3 cm³/mol. The first kappa shape index (κ1) is 13.9. The number of rotatable bonds is 3. The van der Waals surface area contributed by atoms with Crippen LogP contribution in [0.5, 0.6) is 0 Å². The van der Waals surface area contributed by atoms with Crippen molar-refractivity contribution in [3.63, 3.8) is 0 Å². The van der Waals surface area contributed by atoms with Gasteiger partial charge in [-0.3, -0.25) is 0 Å². The van der Waals surface area contributed by atoms with Crippen molar-refractivity contribution >= 4 is 38.9 Å². The third-order valence-corrected chi connectivity index (χ3v) is 4.50. The Kier molecular flexibility index (Phi) is 4.37. The minimum Gasteiger partial charge on any atom is -0.309 e. The van der Waals surface area contributed by atoms with Crippen LogP contribution in [0.2, 0.25) is 5.02 Å². The van der Waals surface area contributed by atoms with Gasteiger partial charge >= 0.3 is 0 Å². The fourth-order valence-electron chi connectivity index (χ4n) is 1.69. The summed E-state index contributed by atoms with van der Waals surface area (Å²) in [5.74, 6) is -1.14. The van der Waals surface area contributed by atoms with Gasteiger partial charge in [-0.1, -0.05) is 11.6 Å². The largest absolute Gasteiger partial charge is 0.309 e. The third-order valence-electron chi connectivity index (χ3n) is 2.52. The Bertz CT molecular complexity index is 573. The lowest BCUT2D eigenvalue weighted by Gasteiger charge is -2.16. The minimum atomic E-state index is -0.621. The molecule has 0 bridgehead atoms. The Morgan fingerprint density at radius 3 is 2.56 bits per heavy atom. The van der Waals surface area contributed by atoms with Crippen molar-refractivity contribution in [2.45, 2.75) is 6.04 Å². The van der Waals surface area contributed by atoms with Crippen LogP contribution in [-0.2, 0) is 0 Å². The van der Waals surface area contributed by atoms with E-state index in [0.29, 0.717) is 0 Å². The Morgan fingerprint density at radius 2 is 2.00 bits per heavy atom. The van der Waals surface area contributed by atoms with Crippen LogP contribution in [0.15, 0.2) is 28.1 Å². The summed E-state index contributed by atoms with van der Waals surface area (Å²) in [6.45, 7) is 0. The Labute approximate surface area is 121 Å². The van der Waals surface area contributed by atoms with Gasteiger partial charge in [0.25, 0.3) is 0 Å². The molecule has 6 heteroatoms. The van der Waals surface area contributed by atoms with E-state index in [0.717, 1.165) is 20.8 Å². The quantitative estimate of drug-likeness (QED) is 0.786. The van der Waals surface area contributed by atoms with Gasteiger partial charge in [0.05, 0.1) is 14.9 Å². The molecule has 0 aliphatic rings. The molecule has 0 aliphatic heterocycles. The molecular weight excluding hydrogens is 344 g/mol. The van der Waals surface area contributed by atoms with E-state index >= 15 is 0 Å². The van der Waals surface area contributed by atoms with Crippen LogP contribution in [0, 0.1) is 11.6 Å². The van der Waals surface area contributed by atoms with Crippen molar-refractivity contribution in [1.29, 1.82) is 0 Å². The fourth-order valence-corrected chi connectivity index (χ4v) is 3.40. The van der Waals surface area contributed by atoms with E-state index in [1.54, 1.807) is 7.05 Å². The lowest BCUT2D eigenvalue weighted by atomic mass is 10.0. The Balaban J connectivity index is 2.48. The number of benzene rings is 1. The molecule has 18 heavy (non-hydrogen) atoms. The molecule has 0 saturated heterocycles. The Morgan fingerprint density at radius 1 is 1.28 bits per heavy atom. The highest BCUT2D eigenvalue weighted by molar-refractivity contribution is 9.11. The summed E-state index contributed by atoms with van der Waals surface area (Å²) in [5, 5.41) is 2.77. The van der Waals surface area contributed by atoms with Crippen LogP contribution < -0.4 is 5.32 Å². The molecule has 0 radical (unpaired) electrons. The molecule has 0 amide bonds. The standard InChI is InChI=1S/C12H9BrClF2NS/c1-17-12(10-2-3-11(13)18-10)6-4-9(16)7(14)5-8(6)15/h2-5,12,17H,1H3. The van der Waals surface area contributed by atoms with Gasteiger partial charge in [0.15, 0.2) is 0 Å². The number of hydrogen-bond acceptors (Lipinski definition) is 2. The van der Waals surface area contributed by atoms with Gasteiger partial charge < -0.3 is 5.32 Å². The average Bonchev–Trinajstić information content (AvgIpc) is 2.73. The lowest BCUT2D eigenvalue weighted by Crippen LogP contribution is -2.18. The second-order valence-electron chi connectivity index (χ2n) is 3.65. The highest BCUT2D eigenvalue weighted by Crippen LogP contribution is 2.33. The summed E-state index contributed by atoms with van der Waals surface area (Å²) in [4.78, 5) is 0.894. The number of nitrogens with one attached hydrogen (secondary N) is 1. The molecule has 0 saturated carbocycles. The van der Waals surface area contributed by atoms with Crippen LogP contribution in [0.1, 0.15) is 16.5 Å². The lowest BCUT2D eigenvalue weighted by molar-refractivity contribution is 0.561. The van der Waals surface area contributed by atoms with Gasteiger partial charge in [-0.25, -0.2) is 8.78 Å². The van der Waals surface area contributed by atoms with Crippen LogP contribution in [0.3, 0.4) is 0 Å². The zero-order valence-corrected chi connectivity index (χ0v) is 12.5. The summed E-state index contributed by atoms with van der Waals surface area (Å²) in [7, 11) is 1.70. The van der Waals surface area contributed by atoms with Crippen LogP contribution in [0.4, 0.5) is 8.78 Å². The normalized spacial score (nSPS) is 12.7. The number of thiophene rings is 1. The second kappa shape index (κ2) is 5.65. The van der Waals surface area contributed by atoms with E-state index < -0.39 is 17.7 Å². The molecule has 1 heterocycles. The van der Waals surface area contributed by atoms with Gasteiger partial charge in [0.2, 0.25) is 0 Å². The van der Waals surface area contributed by atoms with E-state index in [1.165, 1.54) is 11.3 Å². The van der Waals surface area contributed by atoms with E-state index in [4.69, 9.17) is 11.6 Å². The average molecular weight is 353 g/mol. The van der Waals surface area contributed by atoms with Crippen molar-refractivity contribution in [2.24, 2.45) is 0 Å². The summed E-state index contributed by atoms with van der Waals surface area (Å²) in [5.41, 5.74) is 0.244. The van der Waals surface area contributed by atoms with E-state index in [9.17, 15) is 8.78 Å². The smallest absolute Gasteiger partial charge is 0.142 e. The molecule has 2 aromatic rings. The molecule has 0 spiro atoms. The SMILES string of the molecule is CNC(c1ccc(Br)s1)c1cc(F)c(Cl)cc1F. The molecule has 1 unspecified atom stereocenters. The van der Waals surface area contributed by atoms with Crippen molar-refractivity contribution in [2.75, 3.05) is 7.05 Å². The summed E-state index contributed by atoms with van der Waals surface area (Å²) in [6.07, 6.45) is 0. The summed E-state index contributed by atoms with van der Waals surface area (Å²) >= 11 is 10.4. The molecule has 1 N–H and O–H groups in total. The first-order valence-corrected chi connectivity index (χ1v) is 7.08. The molecule has 2 rings (SSSR count). The van der Waals surface area contributed by atoms with Crippen molar-refractivity contribution in [3.8, 4) is 0 Å². The Hall–Kier alpha value is -0.490. The predicted octanol–water partition coefficient (Wildman–Crippen LogP) is 4.75. The highest BCUT2D eigenvalue weighted by atomic mass is 79.9. The highest BCUT2D eigenvalue weighted by Gasteiger charge is 2.20. The maximum absolute atomic E-state index is 13.9. The molecule has 1 aromatic carbocycles. The molecular formula is C12H9BrClF2NS. The fraction of sp³-hybridized carbons (Fsp3) is 0.167. The van der Waals surface area contributed by atoms with E-state index in [1.807, 2.05) is 12.1 Å². The summed E-state index contributed by atoms with van der Waals surface area (Å²) in [6, 6.07) is 5.47. The second-order valence-corrected chi connectivity index (χ2v) is 6.55. The molecule has 1 nitrogen and oxygen atoms in total. The van der Waals surface area contributed by atoms with Gasteiger partial charge in [-0.15, -0.1) is 11.3 Å². The zero-order valence-electron chi connectivity index (χ0n) is 9.31. The molecule has 1 atom stereocenters. The van der Waals surface area contributed by atoms with Crippen molar-refractivity contribution < 1.29 is 8.78 Å². The topological polar surface area (TPSA) is 12.0 Å². The molecule has 0 aliphatic carbocycles. The van der Waals surface area contributed by atoms with Crippen molar-refractivity contribution in [1.82, 2.24) is 5.32 Å². The first-order valence-electron chi connectivity index (χ1n) is 5.10. The van der Waals surface area contributed by atoms with Gasteiger partial charge in [-0.2, -0.15) is 0 Å². The van der Waals surface area contributed by atoms with Gasteiger partial charge in [0.1, 0.15) is 11.6 Å². The van der Waals surface area contributed by atoms with Gasteiger partial charge in [0, 0.05) is 10.4 Å². The van der Waals surface area contributed by atoms with Crippen LogP contribution >= 0.6 is 38.9 Å². The monoisotopic (exact) mass is 351 g/mol. The molecule has 1 aromatic heterocycles. The molecule has 0 fully saturated rings. The van der Waals surface area contributed by atoms with Crippen LogP contribution in [-0.4, -0.2) is 7.05 Å². The third kappa shape index (κ3) is 2.74. The van der Waals surface area contributed by atoms with Crippen molar-refractivity contribution in [3.05, 3.63) is 55.1 Å². The van der Waals surface area contributed by atoms with E-state index in [-0.39, 0.29) is 10.6 Å². The van der Waals surface area contributed by atoms with Crippen LogP contribution in [0.25, 0.3) is 0 Å². The number of halogens is 4. The zero-order chi connectivity index (χ0) is 13.3.